The molecule has 0 amide bonds. The van der Waals surface area contributed by atoms with E-state index < -0.39 is 0 Å². The molecule has 2 aromatic carbocycles. The Kier molecular flexibility index (Phi) is 3.62. The minimum atomic E-state index is 0.711. The maximum Gasteiger partial charge on any atom is 0.0746 e. The fourth-order valence-corrected chi connectivity index (χ4v) is 1.76. The monoisotopic (exact) mass is 227 g/mol. The van der Waals surface area contributed by atoms with Gasteiger partial charge >= 0.3 is 0 Å². The van der Waals surface area contributed by atoms with Gasteiger partial charge in [0, 0.05) is 6.54 Å². The zero-order valence-electron chi connectivity index (χ0n) is 9.71. The summed E-state index contributed by atoms with van der Waals surface area (Å²) in [5.41, 5.74) is 8.73. The number of hydrogen-bond donors (Lipinski definition) is 2. The van der Waals surface area contributed by atoms with Crippen LogP contribution in [0.2, 0.25) is 0 Å². The second kappa shape index (κ2) is 5.37. The molecule has 2 aromatic rings. The minimum absolute atomic E-state index is 0.711. The Bertz CT molecular complexity index is 468. The Morgan fingerprint density at radius 3 is 2.24 bits per heavy atom. The van der Waals surface area contributed by atoms with E-state index in [1.54, 1.807) is 5.01 Å². The summed E-state index contributed by atoms with van der Waals surface area (Å²) in [6.07, 6.45) is 0.908. The first-order chi connectivity index (χ1) is 8.27. The Hall–Kier alpha value is -2.00. The van der Waals surface area contributed by atoms with Crippen molar-refractivity contribution >= 4 is 11.4 Å². The standard InChI is InChI=1S/C14H17N3/c15-13-8-4-5-9-14(13)17(16)11-10-12-6-2-1-3-7-12/h1-9H,10-11,15-16H2. The van der Waals surface area contributed by atoms with Crippen molar-refractivity contribution in [1.82, 2.24) is 0 Å². The molecule has 0 aromatic heterocycles. The molecule has 3 nitrogen and oxygen atoms in total. The van der Waals surface area contributed by atoms with Crippen LogP contribution in [0.5, 0.6) is 0 Å². The average molecular weight is 227 g/mol. The molecular formula is C14H17N3. The van der Waals surface area contributed by atoms with Crippen LogP contribution in [0.4, 0.5) is 11.4 Å². The van der Waals surface area contributed by atoms with Gasteiger partial charge in [-0.25, -0.2) is 5.84 Å². The molecule has 0 heterocycles. The highest BCUT2D eigenvalue weighted by molar-refractivity contribution is 5.66. The van der Waals surface area contributed by atoms with Crippen LogP contribution in [0, 0.1) is 0 Å². The summed E-state index contributed by atoms with van der Waals surface area (Å²) < 4.78 is 0. The number of rotatable bonds is 4. The number of anilines is 2. The average Bonchev–Trinajstić information content (AvgIpc) is 2.38. The highest BCUT2D eigenvalue weighted by atomic mass is 15.4. The van der Waals surface area contributed by atoms with E-state index in [0.717, 1.165) is 18.7 Å². The predicted octanol–water partition coefficient (Wildman–Crippen LogP) is 2.19. The fourth-order valence-electron chi connectivity index (χ4n) is 1.76. The summed E-state index contributed by atoms with van der Waals surface area (Å²) in [4.78, 5) is 0. The number of nitrogens with zero attached hydrogens (tertiary/aromatic N) is 1. The van der Waals surface area contributed by atoms with Crippen LogP contribution in [0.1, 0.15) is 5.56 Å². The molecule has 0 radical (unpaired) electrons. The number of benzene rings is 2. The number of nitrogens with two attached hydrogens (primary N) is 2. The van der Waals surface area contributed by atoms with Gasteiger partial charge in [0.25, 0.3) is 0 Å². The lowest BCUT2D eigenvalue weighted by molar-refractivity contribution is 0.825. The van der Waals surface area contributed by atoms with Crippen molar-refractivity contribution in [3.05, 3.63) is 60.2 Å². The van der Waals surface area contributed by atoms with Crippen LogP contribution in [-0.4, -0.2) is 6.54 Å². The first-order valence-electron chi connectivity index (χ1n) is 5.68. The number of hydrogen-bond acceptors (Lipinski definition) is 3. The van der Waals surface area contributed by atoms with Gasteiger partial charge in [-0.2, -0.15) is 0 Å². The highest BCUT2D eigenvalue weighted by Gasteiger charge is 2.04. The molecule has 3 heteroatoms. The lowest BCUT2D eigenvalue weighted by Crippen LogP contribution is -2.33. The van der Waals surface area contributed by atoms with E-state index in [0.29, 0.717) is 5.69 Å². The van der Waals surface area contributed by atoms with Crippen molar-refractivity contribution in [2.24, 2.45) is 5.84 Å². The highest BCUT2D eigenvalue weighted by Crippen LogP contribution is 2.19. The van der Waals surface area contributed by atoms with E-state index in [1.165, 1.54) is 5.56 Å². The quantitative estimate of drug-likeness (QED) is 0.478. The summed E-state index contributed by atoms with van der Waals surface area (Å²) >= 11 is 0. The van der Waals surface area contributed by atoms with Crippen LogP contribution < -0.4 is 16.6 Å². The van der Waals surface area contributed by atoms with Gasteiger partial charge in [-0.15, -0.1) is 0 Å². The van der Waals surface area contributed by atoms with Gasteiger partial charge in [-0.1, -0.05) is 42.5 Å². The minimum Gasteiger partial charge on any atom is -0.397 e. The third-order valence-corrected chi connectivity index (χ3v) is 2.73. The van der Waals surface area contributed by atoms with Crippen molar-refractivity contribution in [2.75, 3.05) is 17.3 Å². The lowest BCUT2D eigenvalue weighted by Gasteiger charge is -2.20. The van der Waals surface area contributed by atoms with Crippen LogP contribution in [0.25, 0.3) is 0 Å². The molecule has 0 atom stereocenters. The number of para-hydroxylation sites is 2. The van der Waals surface area contributed by atoms with Gasteiger partial charge in [0.15, 0.2) is 0 Å². The normalized spacial score (nSPS) is 10.2. The summed E-state index contributed by atoms with van der Waals surface area (Å²) in [5, 5.41) is 1.70. The molecule has 2 rings (SSSR count). The number of nitrogen functional groups attached to an aromatic ring is 1. The third kappa shape index (κ3) is 2.98. The molecule has 4 N–H and O–H groups in total. The SMILES string of the molecule is Nc1ccccc1N(N)CCc1ccccc1. The van der Waals surface area contributed by atoms with Gasteiger partial charge in [0.1, 0.15) is 0 Å². The Labute approximate surface area is 102 Å². The Morgan fingerprint density at radius 2 is 1.53 bits per heavy atom. The summed E-state index contributed by atoms with van der Waals surface area (Å²) in [7, 11) is 0. The topological polar surface area (TPSA) is 55.3 Å². The van der Waals surface area contributed by atoms with Gasteiger partial charge < -0.3 is 10.7 Å². The number of hydrazine groups is 1. The van der Waals surface area contributed by atoms with Gasteiger partial charge in [-0.05, 0) is 24.1 Å². The molecule has 0 aliphatic heterocycles. The lowest BCUT2D eigenvalue weighted by atomic mass is 10.1. The molecule has 0 aliphatic carbocycles. The largest absolute Gasteiger partial charge is 0.397 e. The zero-order valence-corrected chi connectivity index (χ0v) is 9.71. The van der Waals surface area contributed by atoms with Crippen molar-refractivity contribution in [3.8, 4) is 0 Å². The van der Waals surface area contributed by atoms with Crippen LogP contribution in [0.15, 0.2) is 54.6 Å². The molecule has 17 heavy (non-hydrogen) atoms. The van der Waals surface area contributed by atoms with Gasteiger partial charge in [-0.3, -0.25) is 0 Å². The molecule has 0 unspecified atom stereocenters. The van der Waals surface area contributed by atoms with Crippen LogP contribution in [-0.2, 0) is 6.42 Å². The second-order valence-corrected chi connectivity index (χ2v) is 3.99. The summed E-state index contributed by atoms with van der Waals surface area (Å²) in [6.45, 7) is 0.748. The molecule has 0 bridgehead atoms. The molecule has 0 spiro atoms. The van der Waals surface area contributed by atoms with E-state index in [2.05, 4.69) is 12.1 Å². The first-order valence-corrected chi connectivity index (χ1v) is 5.68. The van der Waals surface area contributed by atoms with Gasteiger partial charge in [0.2, 0.25) is 0 Å². The third-order valence-electron chi connectivity index (χ3n) is 2.73. The molecule has 0 aliphatic rings. The second-order valence-electron chi connectivity index (χ2n) is 3.99. The first kappa shape index (κ1) is 11.5. The maximum atomic E-state index is 6.00. The van der Waals surface area contributed by atoms with Crippen molar-refractivity contribution < 1.29 is 0 Å². The van der Waals surface area contributed by atoms with E-state index in [-0.39, 0.29) is 0 Å². The molecule has 0 fully saturated rings. The smallest absolute Gasteiger partial charge is 0.0746 e. The van der Waals surface area contributed by atoms with E-state index >= 15 is 0 Å². The van der Waals surface area contributed by atoms with Gasteiger partial charge in [0.05, 0.1) is 11.4 Å². The van der Waals surface area contributed by atoms with Crippen molar-refractivity contribution in [1.29, 1.82) is 0 Å². The maximum absolute atomic E-state index is 6.00. The van der Waals surface area contributed by atoms with Crippen LogP contribution >= 0.6 is 0 Å². The molecular weight excluding hydrogens is 210 g/mol. The molecule has 0 saturated heterocycles. The Balaban J connectivity index is 1.99. The molecule has 0 saturated carbocycles. The van der Waals surface area contributed by atoms with E-state index in [1.807, 2.05) is 42.5 Å². The zero-order chi connectivity index (χ0) is 12.1. The predicted molar refractivity (Wildman–Crippen MR) is 72.5 cm³/mol. The van der Waals surface area contributed by atoms with Crippen molar-refractivity contribution in [2.45, 2.75) is 6.42 Å². The summed E-state index contributed by atoms with van der Waals surface area (Å²) in [6, 6.07) is 17.9. The molecule has 88 valence electrons. The van der Waals surface area contributed by atoms with E-state index in [4.69, 9.17) is 11.6 Å². The van der Waals surface area contributed by atoms with Crippen molar-refractivity contribution in [3.63, 3.8) is 0 Å². The fraction of sp³-hybridized carbons (Fsp3) is 0.143. The Morgan fingerprint density at radius 1 is 0.882 bits per heavy atom. The van der Waals surface area contributed by atoms with Crippen LogP contribution in [0.3, 0.4) is 0 Å². The van der Waals surface area contributed by atoms with E-state index in [9.17, 15) is 0 Å². The summed E-state index contributed by atoms with van der Waals surface area (Å²) in [5.74, 6) is 6.00.